The number of benzene rings is 2. The van der Waals surface area contributed by atoms with Crippen LogP contribution in [0.5, 0.6) is 11.5 Å². The highest BCUT2D eigenvalue weighted by atomic mass is 32.1. The summed E-state index contributed by atoms with van der Waals surface area (Å²) in [5.41, 5.74) is 5.45. The van der Waals surface area contributed by atoms with E-state index in [1.54, 1.807) is 43.5 Å². The number of aromatic nitrogens is 3. The van der Waals surface area contributed by atoms with Crippen LogP contribution < -0.4 is 25.6 Å². The molecule has 13 heteroatoms. The van der Waals surface area contributed by atoms with E-state index in [9.17, 15) is 14.9 Å². The minimum atomic E-state index is -0.652. The van der Waals surface area contributed by atoms with Crippen molar-refractivity contribution in [1.82, 2.24) is 20.4 Å². The molecule has 4 rings (SSSR count). The highest BCUT2D eigenvalue weighted by Crippen LogP contribution is 2.34. The monoisotopic (exact) mass is 467 g/mol. The first-order valence-corrected chi connectivity index (χ1v) is 10.2. The van der Waals surface area contributed by atoms with Gasteiger partial charge in [-0.25, -0.2) is 15.0 Å². The highest BCUT2D eigenvalue weighted by Gasteiger charge is 2.24. The number of anilines is 3. The van der Waals surface area contributed by atoms with E-state index in [1.165, 1.54) is 18.4 Å². The Kier molecular flexibility index (Phi) is 6.13. The van der Waals surface area contributed by atoms with Gasteiger partial charge in [0.1, 0.15) is 17.8 Å². The second kappa shape index (κ2) is 9.32. The first-order chi connectivity index (χ1) is 16.0. The van der Waals surface area contributed by atoms with Gasteiger partial charge in [0.15, 0.2) is 5.13 Å². The van der Waals surface area contributed by atoms with Crippen molar-refractivity contribution < 1.29 is 19.2 Å². The van der Waals surface area contributed by atoms with Gasteiger partial charge in [0.25, 0.3) is 5.91 Å². The molecular weight excluding hydrogens is 450 g/mol. The molecule has 0 saturated carbocycles. The van der Waals surface area contributed by atoms with Gasteiger partial charge in [-0.2, -0.15) is 0 Å². The van der Waals surface area contributed by atoms with Crippen LogP contribution in [-0.2, 0) is 0 Å². The molecule has 0 spiro atoms. The van der Waals surface area contributed by atoms with Crippen LogP contribution in [-0.4, -0.2) is 40.0 Å². The molecule has 2 heterocycles. The lowest BCUT2D eigenvalue weighted by Gasteiger charge is -2.10. The Morgan fingerprint density at radius 1 is 1.03 bits per heavy atom. The topological polar surface area (TPSA) is 153 Å². The SMILES string of the molecule is COc1ccc(C(=O)NNc2ncnc(Nc3nc4ccc(OC)cc4s3)c2[N+](=O)[O-])cc1. The number of ether oxygens (including phenoxy) is 2. The van der Waals surface area contributed by atoms with E-state index >= 15 is 0 Å². The third-order valence-electron chi connectivity index (χ3n) is 4.47. The summed E-state index contributed by atoms with van der Waals surface area (Å²) >= 11 is 1.28. The molecule has 0 bridgehead atoms. The molecule has 0 saturated heterocycles. The molecule has 1 amide bonds. The summed E-state index contributed by atoms with van der Waals surface area (Å²) in [7, 11) is 3.08. The summed E-state index contributed by atoms with van der Waals surface area (Å²) in [5, 5.41) is 15.0. The van der Waals surface area contributed by atoms with Crippen molar-refractivity contribution >= 4 is 49.9 Å². The number of hydrogen-bond donors (Lipinski definition) is 3. The zero-order valence-corrected chi connectivity index (χ0v) is 18.2. The predicted molar refractivity (Wildman–Crippen MR) is 122 cm³/mol. The second-order valence-electron chi connectivity index (χ2n) is 6.46. The number of nitrogens with zero attached hydrogens (tertiary/aromatic N) is 4. The molecule has 12 nitrogen and oxygen atoms in total. The van der Waals surface area contributed by atoms with Crippen molar-refractivity contribution in [2.75, 3.05) is 25.0 Å². The maximum absolute atomic E-state index is 12.4. The molecule has 0 unspecified atom stereocenters. The maximum Gasteiger partial charge on any atom is 0.355 e. The molecule has 0 atom stereocenters. The minimum absolute atomic E-state index is 0.0813. The molecule has 33 heavy (non-hydrogen) atoms. The molecule has 4 aromatic rings. The fraction of sp³-hybridized carbons (Fsp3) is 0.100. The van der Waals surface area contributed by atoms with Crippen LogP contribution in [0.1, 0.15) is 10.4 Å². The minimum Gasteiger partial charge on any atom is -0.497 e. The molecule has 0 aliphatic heterocycles. The third-order valence-corrected chi connectivity index (χ3v) is 5.41. The maximum atomic E-state index is 12.4. The van der Waals surface area contributed by atoms with Crippen LogP contribution in [0.25, 0.3) is 10.2 Å². The summed E-state index contributed by atoms with van der Waals surface area (Å²) in [4.78, 5) is 35.7. The van der Waals surface area contributed by atoms with Gasteiger partial charge in [-0.1, -0.05) is 11.3 Å². The Morgan fingerprint density at radius 2 is 1.73 bits per heavy atom. The van der Waals surface area contributed by atoms with Crippen molar-refractivity contribution in [2.45, 2.75) is 0 Å². The summed E-state index contributed by atoms with van der Waals surface area (Å²) in [6.45, 7) is 0. The number of hydrazine groups is 1. The average molecular weight is 467 g/mol. The van der Waals surface area contributed by atoms with E-state index < -0.39 is 16.5 Å². The quantitative estimate of drug-likeness (QED) is 0.259. The number of methoxy groups -OCH3 is 2. The largest absolute Gasteiger partial charge is 0.497 e. The van der Waals surface area contributed by atoms with Crippen LogP contribution in [0.4, 0.5) is 22.5 Å². The van der Waals surface area contributed by atoms with Crippen LogP contribution in [0, 0.1) is 10.1 Å². The van der Waals surface area contributed by atoms with Gasteiger partial charge in [-0.3, -0.25) is 25.8 Å². The predicted octanol–water partition coefficient (Wildman–Crippen LogP) is 3.51. The lowest BCUT2D eigenvalue weighted by atomic mass is 10.2. The van der Waals surface area contributed by atoms with Crippen molar-refractivity contribution in [3.8, 4) is 11.5 Å². The molecule has 0 radical (unpaired) electrons. The van der Waals surface area contributed by atoms with Gasteiger partial charge < -0.3 is 14.8 Å². The van der Waals surface area contributed by atoms with E-state index in [0.29, 0.717) is 27.7 Å². The van der Waals surface area contributed by atoms with Gasteiger partial charge in [-0.05, 0) is 42.5 Å². The Bertz CT molecular complexity index is 1330. The number of hydrogen-bond acceptors (Lipinski definition) is 11. The van der Waals surface area contributed by atoms with Gasteiger partial charge in [0, 0.05) is 5.56 Å². The van der Waals surface area contributed by atoms with E-state index in [2.05, 4.69) is 31.1 Å². The van der Waals surface area contributed by atoms with E-state index in [0.717, 1.165) is 11.0 Å². The number of thiazole rings is 1. The smallest absolute Gasteiger partial charge is 0.355 e. The molecule has 0 aliphatic rings. The molecule has 2 aromatic carbocycles. The Balaban J connectivity index is 1.55. The number of amides is 1. The molecule has 0 fully saturated rings. The lowest BCUT2D eigenvalue weighted by molar-refractivity contribution is -0.383. The van der Waals surface area contributed by atoms with Gasteiger partial charge in [-0.15, -0.1) is 0 Å². The van der Waals surface area contributed by atoms with Gasteiger partial charge in [0.05, 0.1) is 29.4 Å². The molecular formula is C20H17N7O5S. The summed E-state index contributed by atoms with van der Waals surface area (Å²) in [6, 6.07) is 11.7. The van der Waals surface area contributed by atoms with Gasteiger partial charge in [0.2, 0.25) is 11.6 Å². The third kappa shape index (κ3) is 4.72. The van der Waals surface area contributed by atoms with Crippen molar-refractivity contribution in [2.24, 2.45) is 0 Å². The Hall–Kier alpha value is -4.52. The Morgan fingerprint density at radius 3 is 2.42 bits per heavy atom. The second-order valence-corrected chi connectivity index (χ2v) is 7.49. The number of rotatable bonds is 8. The fourth-order valence-corrected chi connectivity index (χ4v) is 3.75. The Labute approximate surface area is 190 Å². The summed E-state index contributed by atoms with van der Waals surface area (Å²) in [5.74, 6) is 0.476. The molecule has 2 aromatic heterocycles. The van der Waals surface area contributed by atoms with Crippen molar-refractivity contribution in [3.63, 3.8) is 0 Å². The standard InChI is InChI=1S/C20H17N7O5S/c1-31-12-5-3-11(4-6-12)19(28)26-25-18-16(27(29)30)17(21-10-22-18)24-20-23-14-8-7-13(32-2)9-15(14)33-20/h3-10H,1-2H3,(H,26,28)(H2,21,22,23,24,25). The zero-order chi connectivity index (χ0) is 23.4. The van der Waals surface area contributed by atoms with E-state index in [4.69, 9.17) is 9.47 Å². The van der Waals surface area contributed by atoms with Crippen LogP contribution >= 0.6 is 11.3 Å². The van der Waals surface area contributed by atoms with Crippen LogP contribution in [0.3, 0.4) is 0 Å². The van der Waals surface area contributed by atoms with Crippen LogP contribution in [0.15, 0.2) is 48.8 Å². The van der Waals surface area contributed by atoms with Crippen molar-refractivity contribution in [3.05, 3.63) is 64.5 Å². The zero-order valence-electron chi connectivity index (χ0n) is 17.4. The number of carbonyl (C=O) groups is 1. The summed E-state index contributed by atoms with van der Waals surface area (Å²) < 4.78 is 11.1. The molecule has 168 valence electrons. The average Bonchev–Trinajstić information content (AvgIpc) is 3.23. The van der Waals surface area contributed by atoms with E-state index in [-0.39, 0.29) is 11.6 Å². The first-order valence-electron chi connectivity index (χ1n) is 9.40. The van der Waals surface area contributed by atoms with E-state index in [1.807, 2.05) is 6.07 Å². The van der Waals surface area contributed by atoms with Crippen LogP contribution in [0.2, 0.25) is 0 Å². The summed E-state index contributed by atoms with van der Waals surface area (Å²) in [6.07, 6.45) is 1.13. The van der Waals surface area contributed by atoms with Gasteiger partial charge >= 0.3 is 5.69 Å². The molecule has 3 N–H and O–H groups in total. The number of nitro groups is 1. The number of fused-ring (bicyclic) bond motifs is 1. The number of carbonyl (C=O) groups excluding carboxylic acids is 1. The fourth-order valence-electron chi connectivity index (χ4n) is 2.85. The highest BCUT2D eigenvalue weighted by molar-refractivity contribution is 7.22. The lowest BCUT2D eigenvalue weighted by Crippen LogP contribution is -2.30. The number of nitrogens with one attached hydrogen (secondary N) is 3. The normalized spacial score (nSPS) is 10.5. The first kappa shape index (κ1) is 21.7. The van der Waals surface area contributed by atoms with Crippen molar-refractivity contribution in [1.29, 1.82) is 0 Å². The molecule has 0 aliphatic carbocycles.